The fourth-order valence-corrected chi connectivity index (χ4v) is 2.21. The lowest BCUT2D eigenvalue weighted by molar-refractivity contribution is -0.129. The number of likely N-dealkylation sites (tertiary alicyclic amines) is 1. The molecule has 2 rings (SSSR count). The lowest BCUT2D eigenvalue weighted by atomic mass is 10.1. The number of nitrogens with zero attached hydrogens (tertiary/aromatic N) is 1. The summed E-state index contributed by atoms with van der Waals surface area (Å²) < 4.78 is 13.5. The molecule has 1 aliphatic rings. The van der Waals surface area contributed by atoms with Crippen molar-refractivity contribution in [2.75, 3.05) is 13.1 Å². The third kappa shape index (κ3) is 2.76. The summed E-state index contributed by atoms with van der Waals surface area (Å²) in [4.78, 5) is 13.6. The Bertz CT molecular complexity index is 418. The van der Waals surface area contributed by atoms with Gasteiger partial charge in [-0.15, -0.1) is 0 Å². The van der Waals surface area contributed by atoms with Crippen LogP contribution in [0.3, 0.4) is 0 Å². The number of amides is 1. The van der Waals surface area contributed by atoms with Crippen LogP contribution >= 0.6 is 11.6 Å². The molecule has 92 valence electrons. The van der Waals surface area contributed by atoms with Crippen LogP contribution in [0, 0.1) is 5.82 Å². The monoisotopic (exact) mass is 256 g/mol. The van der Waals surface area contributed by atoms with E-state index in [2.05, 4.69) is 0 Å². The molecule has 1 aromatic carbocycles. The smallest absolute Gasteiger partial charge is 0.227 e. The number of nitrogens with two attached hydrogens (primary N) is 1. The molecule has 0 spiro atoms. The highest BCUT2D eigenvalue weighted by Crippen LogP contribution is 2.20. The van der Waals surface area contributed by atoms with Gasteiger partial charge in [-0.05, 0) is 18.6 Å². The van der Waals surface area contributed by atoms with Crippen LogP contribution in [0.5, 0.6) is 0 Å². The SMILES string of the molecule is NC1CCN(C(=O)Cc2c(F)cccc2Cl)C1. The molecule has 1 aliphatic heterocycles. The summed E-state index contributed by atoms with van der Waals surface area (Å²) in [6, 6.07) is 4.46. The van der Waals surface area contributed by atoms with Gasteiger partial charge in [-0.2, -0.15) is 0 Å². The molecular weight excluding hydrogens is 243 g/mol. The molecular formula is C12H14ClFN2O. The Morgan fingerprint density at radius 2 is 2.35 bits per heavy atom. The Labute approximate surface area is 104 Å². The molecule has 0 aliphatic carbocycles. The zero-order valence-electron chi connectivity index (χ0n) is 9.33. The fourth-order valence-electron chi connectivity index (χ4n) is 1.98. The van der Waals surface area contributed by atoms with Gasteiger partial charge in [0.25, 0.3) is 0 Å². The summed E-state index contributed by atoms with van der Waals surface area (Å²) >= 11 is 5.87. The molecule has 1 unspecified atom stereocenters. The van der Waals surface area contributed by atoms with Crippen molar-refractivity contribution in [3.05, 3.63) is 34.6 Å². The van der Waals surface area contributed by atoms with Crippen molar-refractivity contribution in [1.29, 1.82) is 0 Å². The van der Waals surface area contributed by atoms with E-state index in [0.717, 1.165) is 6.42 Å². The summed E-state index contributed by atoms with van der Waals surface area (Å²) in [7, 11) is 0. The van der Waals surface area contributed by atoms with Crippen LogP contribution in [-0.4, -0.2) is 29.9 Å². The van der Waals surface area contributed by atoms with Gasteiger partial charge < -0.3 is 10.6 Å². The number of hydrogen-bond donors (Lipinski definition) is 1. The van der Waals surface area contributed by atoms with Crippen LogP contribution in [0.4, 0.5) is 4.39 Å². The van der Waals surface area contributed by atoms with E-state index in [1.165, 1.54) is 12.1 Å². The summed E-state index contributed by atoms with van der Waals surface area (Å²) in [5.41, 5.74) is 5.99. The maximum absolute atomic E-state index is 13.5. The fraction of sp³-hybridized carbons (Fsp3) is 0.417. The van der Waals surface area contributed by atoms with Crippen LogP contribution in [0.1, 0.15) is 12.0 Å². The molecule has 1 atom stereocenters. The van der Waals surface area contributed by atoms with Gasteiger partial charge in [0.2, 0.25) is 5.91 Å². The third-order valence-corrected chi connectivity index (χ3v) is 3.32. The predicted molar refractivity (Wildman–Crippen MR) is 64.3 cm³/mol. The van der Waals surface area contributed by atoms with Gasteiger partial charge in [-0.25, -0.2) is 4.39 Å². The van der Waals surface area contributed by atoms with Crippen LogP contribution in [0.2, 0.25) is 5.02 Å². The van der Waals surface area contributed by atoms with Crippen LogP contribution in [-0.2, 0) is 11.2 Å². The molecule has 0 aromatic heterocycles. The molecule has 1 fully saturated rings. The summed E-state index contributed by atoms with van der Waals surface area (Å²) in [5, 5.41) is 0.293. The second-order valence-electron chi connectivity index (χ2n) is 4.27. The van der Waals surface area contributed by atoms with E-state index in [9.17, 15) is 9.18 Å². The van der Waals surface area contributed by atoms with Gasteiger partial charge >= 0.3 is 0 Å². The van der Waals surface area contributed by atoms with Crippen molar-refractivity contribution in [2.45, 2.75) is 18.9 Å². The summed E-state index contributed by atoms with van der Waals surface area (Å²) in [5.74, 6) is -0.556. The molecule has 1 heterocycles. The average Bonchev–Trinajstić information content (AvgIpc) is 2.70. The van der Waals surface area contributed by atoms with Gasteiger partial charge in [-0.3, -0.25) is 4.79 Å². The Kier molecular flexibility index (Phi) is 3.64. The molecule has 17 heavy (non-hydrogen) atoms. The normalized spacial score (nSPS) is 19.7. The standard InChI is InChI=1S/C12H14ClFN2O/c13-10-2-1-3-11(14)9(10)6-12(17)16-5-4-8(15)7-16/h1-3,8H,4-7,15H2. The second-order valence-corrected chi connectivity index (χ2v) is 4.67. The quantitative estimate of drug-likeness (QED) is 0.873. The van der Waals surface area contributed by atoms with E-state index in [1.807, 2.05) is 0 Å². The van der Waals surface area contributed by atoms with Gasteiger partial charge in [0.05, 0.1) is 6.42 Å². The largest absolute Gasteiger partial charge is 0.341 e. The molecule has 3 nitrogen and oxygen atoms in total. The third-order valence-electron chi connectivity index (χ3n) is 2.97. The van der Waals surface area contributed by atoms with Crippen LogP contribution < -0.4 is 5.73 Å². The van der Waals surface area contributed by atoms with Crippen molar-refractivity contribution in [3.8, 4) is 0 Å². The first-order valence-corrected chi connectivity index (χ1v) is 5.92. The van der Waals surface area contributed by atoms with Gasteiger partial charge in [-0.1, -0.05) is 17.7 Å². The second kappa shape index (κ2) is 5.02. The van der Waals surface area contributed by atoms with Crippen molar-refractivity contribution >= 4 is 17.5 Å². The first kappa shape index (κ1) is 12.3. The molecule has 0 radical (unpaired) electrons. The molecule has 0 bridgehead atoms. The van der Waals surface area contributed by atoms with Gasteiger partial charge in [0, 0.05) is 29.7 Å². The number of benzene rings is 1. The van der Waals surface area contributed by atoms with Crippen LogP contribution in [0.25, 0.3) is 0 Å². The van der Waals surface area contributed by atoms with E-state index in [-0.39, 0.29) is 23.9 Å². The Morgan fingerprint density at radius 1 is 1.59 bits per heavy atom. The topological polar surface area (TPSA) is 46.3 Å². The van der Waals surface area contributed by atoms with Crippen molar-refractivity contribution in [3.63, 3.8) is 0 Å². The molecule has 0 saturated carbocycles. The first-order valence-electron chi connectivity index (χ1n) is 5.54. The van der Waals surface area contributed by atoms with E-state index in [0.29, 0.717) is 18.1 Å². The van der Waals surface area contributed by atoms with E-state index in [1.54, 1.807) is 11.0 Å². The number of carbonyl (C=O) groups is 1. The van der Waals surface area contributed by atoms with Crippen molar-refractivity contribution in [1.82, 2.24) is 4.90 Å². The van der Waals surface area contributed by atoms with Crippen molar-refractivity contribution < 1.29 is 9.18 Å². The number of halogens is 2. The summed E-state index contributed by atoms with van der Waals surface area (Å²) in [6.07, 6.45) is 0.801. The number of hydrogen-bond acceptors (Lipinski definition) is 2. The Hall–Kier alpha value is -1.13. The molecule has 1 amide bonds. The minimum Gasteiger partial charge on any atom is -0.341 e. The molecule has 2 N–H and O–H groups in total. The Balaban J connectivity index is 2.08. The molecule has 1 saturated heterocycles. The van der Waals surface area contributed by atoms with Crippen molar-refractivity contribution in [2.24, 2.45) is 5.73 Å². The average molecular weight is 257 g/mol. The lowest BCUT2D eigenvalue weighted by Crippen LogP contribution is -2.33. The summed E-state index contributed by atoms with van der Waals surface area (Å²) in [6.45, 7) is 1.19. The Morgan fingerprint density at radius 3 is 2.94 bits per heavy atom. The highest BCUT2D eigenvalue weighted by molar-refractivity contribution is 6.31. The highest BCUT2D eigenvalue weighted by Gasteiger charge is 2.24. The van der Waals surface area contributed by atoms with Gasteiger partial charge in [0.15, 0.2) is 0 Å². The van der Waals surface area contributed by atoms with Gasteiger partial charge in [0.1, 0.15) is 5.82 Å². The lowest BCUT2D eigenvalue weighted by Gasteiger charge is -2.16. The van der Waals surface area contributed by atoms with Crippen LogP contribution in [0.15, 0.2) is 18.2 Å². The molecule has 5 heteroatoms. The number of carbonyl (C=O) groups excluding carboxylic acids is 1. The molecule has 1 aromatic rings. The van der Waals surface area contributed by atoms with E-state index >= 15 is 0 Å². The first-order chi connectivity index (χ1) is 8.08. The maximum atomic E-state index is 13.5. The zero-order valence-corrected chi connectivity index (χ0v) is 10.1. The zero-order chi connectivity index (χ0) is 12.4. The van der Waals surface area contributed by atoms with E-state index < -0.39 is 5.82 Å². The predicted octanol–water partition coefficient (Wildman–Crippen LogP) is 1.58. The highest BCUT2D eigenvalue weighted by atomic mass is 35.5. The van der Waals surface area contributed by atoms with E-state index in [4.69, 9.17) is 17.3 Å². The minimum absolute atomic E-state index is 0.00176. The number of rotatable bonds is 2. The minimum atomic E-state index is -0.436. The maximum Gasteiger partial charge on any atom is 0.227 e.